The van der Waals surface area contributed by atoms with Gasteiger partial charge in [-0.25, -0.2) is 4.98 Å². The second kappa shape index (κ2) is 5.90. The first kappa shape index (κ1) is 14.1. The SMILES string of the molecule is CC1CN(C)C(C)CC1Nc1cccc(-n2ccnc2)c1. The van der Waals surface area contributed by atoms with Crippen LogP contribution in [0.2, 0.25) is 0 Å². The zero-order valence-corrected chi connectivity index (χ0v) is 13.0. The Morgan fingerprint density at radius 2 is 2.14 bits per heavy atom. The van der Waals surface area contributed by atoms with E-state index in [1.54, 1.807) is 6.20 Å². The van der Waals surface area contributed by atoms with E-state index in [0.29, 0.717) is 18.0 Å². The van der Waals surface area contributed by atoms with Gasteiger partial charge >= 0.3 is 0 Å². The third-order valence-electron chi connectivity index (χ3n) is 4.61. The summed E-state index contributed by atoms with van der Waals surface area (Å²) in [5, 5.41) is 3.72. The molecule has 0 saturated carbocycles. The lowest BCUT2D eigenvalue weighted by atomic mass is 9.89. The van der Waals surface area contributed by atoms with Gasteiger partial charge in [-0.1, -0.05) is 13.0 Å². The van der Waals surface area contributed by atoms with E-state index in [1.165, 1.54) is 12.1 Å². The lowest BCUT2D eigenvalue weighted by molar-refractivity contribution is 0.145. The summed E-state index contributed by atoms with van der Waals surface area (Å²) >= 11 is 0. The number of hydrogen-bond acceptors (Lipinski definition) is 3. The van der Waals surface area contributed by atoms with Gasteiger partial charge in [-0.05, 0) is 44.5 Å². The first-order chi connectivity index (χ1) is 10.1. The lowest BCUT2D eigenvalue weighted by Gasteiger charge is -2.40. The monoisotopic (exact) mass is 284 g/mol. The van der Waals surface area contributed by atoms with E-state index in [1.807, 2.05) is 17.1 Å². The summed E-state index contributed by atoms with van der Waals surface area (Å²) in [5.41, 5.74) is 2.33. The number of likely N-dealkylation sites (tertiary alicyclic amines) is 1. The summed E-state index contributed by atoms with van der Waals surface area (Å²) in [6.45, 7) is 5.79. The highest BCUT2D eigenvalue weighted by atomic mass is 15.2. The van der Waals surface area contributed by atoms with E-state index in [9.17, 15) is 0 Å². The number of imidazole rings is 1. The second-order valence-electron chi connectivity index (χ2n) is 6.27. The van der Waals surface area contributed by atoms with Crippen LogP contribution in [0.5, 0.6) is 0 Å². The van der Waals surface area contributed by atoms with Crippen LogP contribution in [0, 0.1) is 5.92 Å². The number of piperidine rings is 1. The van der Waals surface area contributed by atoms with E-state index >= 15 is 0 Å². The van der Waals surface area contributed by atoms with Gasteiger partial charge in [0, 0.05) is 42.4 Å². The molecule has 1 aliphatic heterocycles. The molecule has 0 amide bonds. The van der Waals surface area contributed by atoms with E-state index in [-0.39, 0.29) is 0 Å². The number of nitrogens with one attached hydrogen (secondary N) is 1. The van der Waals surface area contributed by atoms with Crippen LogP contribution in [0.4, 0.5) is 5.69 Å². The molecular weight excluding hydrogens is 260 g/mol. The first-order valence-electron chi connectivity index (χ1n) is 7.68. The smallest absolute Gasteiger partial charge is 0.0991 e. The minimum Gasteiger partial charge on any atom is -0.382 e. The van der Waals surface area contributed by atoms with Crippen molar-refractivity contribution in [2.24, 2.45) is 5.92 Å². The van der Waals surface area contributed by atoms with Gasteiger partial charge in [-0.15, -0.1) is 0 Å². The van der Waals surface area contributed by atoms with Gasteiger partial charge < -0.3 is 14.8 Å². The molecule has 2 aromatic rings. The summed E-state index contributed by atoms with van der Waals surface area (Å²) < 4.78 is 2.03. The molecule has 3 rings (SSSR count). The molecule has 2 heterocycles. The largest absolute Gasteiger partial charge is 0.382 e. The van der Waals surface area contributed by atoms with Crippen LogP contribution in [0.15, 0.2) is 43.0 Å². The Balaban J connectivity index is 1.74. The molecule has 1 fully saturated rings. The minimum absolute atomic E-state index is 0.536. The van der Waals surface area contributed by atoms with E-state index in [4.69, 9.17) is 0 Å². The highest BCUT2D eigenvalue weighted by molar-refractivity contribution is 5.51. The van der Waals surface area contributed by atoms with Crippen LogP contribution >= 0.6 is 0 Å². The van der Waals surface area contributed by atoms with Gasteiger partial charge in [-0.3, -0.25) is 0 Å². The van der Waals surface area contributed by atoms with Crippen molar-refractivity contribution in [3.8, 4) is 5.69 Å². The maximum atomic E-state index is 4.11. The third-order valence-corrected chi connectivity index (χ3v) is 4.61. The number of aromatic nitrogens is 2. The van der Waals surface area contributed by atoms with E-state index < -0.39 is 0 Å². The van der Waals surface area contributed by atoms with Crippen LogP contribution in [0.25, 0.3) is 5.69 Å². The maximum Gasteiger partial charge on any atom is 0.0991 e. The van der Waals surface area contributed by atoms with Crippen LogP contribution in [0.1, 0.15) is 20.3 Å². The van der Waals surface area contributed by atoms with Crippen molar-refractivity contribution >= 4 is 5.69 Å². The third kappa shape index (κ3) is 3.10. The van der Waals surface area contributed by atoms with Crippen molar-refractivity contribution in [2.45, 2.75) is 32.4 Å². The molecule has 4 nitrogen and oxygen atoms in total. The van der Waals surface area contributed by atoms with Crippen molar-refractivity contribution in [1.29, 1.82) is 0 Å². The van der Waals surface area contributed by atoms with Gasteiger partial charge in [0.15, 0.2) is 0 Å². The van der Waals surface area contributed by atoms with Crippen molar-refractivity contribution in [1.82, 2.24) is 14.5 Å². The quantitative estimate of drug-likeness (QED) is 0.940. The van der Waals surface area contributed by atoms with Crippen molar-refractivity contribution in [3.63, 3.8) is 0 Å². The van der Waals surface area contributed by atoms with Crippen LogP contribution in [-0.2, 0) is 0 Å². The molecule has 3 atom stereocenters. The van der Waals surface area contributed by atoms with Gasteiger partial charge in [0.05, 0.1) is 6.33 Å². The molecule has 112 valence electrons. The molecule has 1 aromatic carbocycles. The highest BCUT2D eigenvalue weighted by Gasteiger charge is 2.28. The van der Waals surface area contributed by atoms with Gasteiger partial charge in [0.25, 0.3) is 0 Å². The molecule has 1 aromatic heterocycles. The molecule has 3 unspecified atom stereocenters. The first-order valence-corrected chi connectivity index (χ1v) is 7.68. The van der Waals surface area contributed by atoms with Crippen LogP contribution < -0.4 is 5.32 Å². The summed E-state index contributed by atoms with van der Waals surface area (Å²) in [6.07, 6.45) is 6.80. The Morgan fingerprint density at radius 1 is 1.29 bits per heavy atom. The lowest BCUT2D eigenvalue weighted by Crippen LogP contribution is -2.48. The zero-order chi connectivity index (χ0) is 14.8. The predicted molar refractivity (Wildman–Crippen MR) is 86.8 cm³/mol. The fourth-order valence-electron chi connectivity index (χ4n) is 3.12. The second-order valence-corrected chi connectivity index (χ2v) is 6.27. The molecule has 4 heteroatoms. The molecular formula is C17H24N4. The van der Waals surface area contributed by atoms with Gasteiger partial charge in [0.2, 0.25) is 0 Å². The summed E-state index contributed by atoms with van der Waals surface area (Å²) in [6, 6.07) is 9.71. The Hall–Kier alpha value is -1.81. The van der Waals surface area contributed by atoms with Crippen molar-refractivity contribution in [3.05, 3.63) is 43.0 Å². The minimum atomic E-state index is 0.536. The van der Waals surface area contributed by atoms with E-state index in [0.717, 1.165) is 12.2 Å². The zero-order valence-electron chi connectivity index (χ0n) is 13.0. The number of anilines is 1. The molecule has 0 aliphatic carbocycles. The number of benzene rings is 1. The summed E-state index contributed by atoms with van der Waals surface area (Å²) in [4.78, 5) is 6.56. The maximum absolute atomic E-state index is 4.11. The Morgan fingerprint density at radius 3 is 2.90 bits per heavy atom. The molecule has 1 aliphatic rings. The fourth-order valence-corrected chi connectivity index (χ4v) is 3.12. The average Bonchev–Trinajstić information content (AvgIpc) is 2.99. The topological polar surface area (TPSA) is 33.1 Å². The Kier molecular flexibility index (Phi) is 3.97. The molecule has 21 heavy (non-hydrogen) atoms. The summed E-state index contributed by atoms with van der Waals surface area (Å²) in [5.74, 6) is 0.656. The van der Waals surface area contributed by atoms with Crippen molar-refractivity contribution in [2.75, 3.05) is 18.9 Å². The van der Waals surface area contributed by atoms with Gasteiger partial charge in [-0.2, -0.15) is 0 Å². The van der Waals surface area contributed by atoms with E-state index in [2.05, 4.69) is 60.4 Å². The van der Waals surface area contributed by atoms with Crippen LogP contribution in [-0.4, -0.2) is 40.1 Å². The van der Waals surface area contributed by atoms with Crippen LogP contribution in [0.3, 0.4) is 0 Å². The molecule has 1 saturated heterocycles. The average molecular weight is 284 g/mol. The standard InChI is InChI=1S/C17H24N4/c1-13-11-20(3)14(2)9-17(13)19-15-5-4-6-16(10-15)21-8-7-18-12-21/h4-8,10,12-14,17,19H,9,11H2,1-3H3. The molecule has 0 spiro atoms. The molecule has 0 bridgehead atoms. The van der Waals surface area contributed by atoms with Gasteiger partial charge in [0.1, 0.15) is 0 Å². The summed E-state index contributed by atoms with van der Waals surface area (Å²) in [7, 11) is 2.22. The normalized spacial score (nSPS) is 26.7. The number of rotatable bonds is 3. The Bertz CT molecular complexity index is 578. The number of nitrogens with zero attached hydrogens (tertiary/aromatic N) is 3. The predicted octanol–water partition coefficient (Wildman–Crippen LogP) is 3.01. The fraction of sp³-hybridized carbons (Fsp3) is 0.471. The highest BCUT2D eigenvalue weighted by Crippen LogP contribution is 2.25. The Labute approximate surface area is 126 Å². The number of hydrogen-bond donors (Lipinski definition) is 1. The molecule has 0 radical (unpaired) electrons. The van der Waals surface area contributed by atoms with Crippen molar-refractivity contribution < 1.29 is 0 Å². The molecule has 1 N–H and O–H groups in total.